The molecule has 1 N–H and O–H groups in total. The molecule has 0 aliphatic carbocycles. The number of methoxy groups -OCH3 is 1. The van der Waals surface area contributed by atoms with E-state index in [9.17, 15) is 23.1 Å². The molecule has 3 rings (SSSR count). The molecule has 1 aliphatic heterocycles. The summed E-state index contributed by atoms with van der Waals surface area (Å²) < 4.78 is 49.4. The van der Waals surface area contributed by atoms with E-state index in [0.29, 0.717) is 31.0 Å². The summed E-state index contributed by atoms with van der Waals surface area (Å²) >= 11 is 0. The van der Waals surface area contributed by atoms with Gasteiger partial charge in [-0.25, -0.2) is 9.78 Å². The van der Waals surface area contributed by atoms with Gasteiger partial charge >= 0.3 is 12.1 Å². The van der Waals surface area contributed by atoms with Gasteiger partial charge in [-0.2, -0.15) is 13.2 Å². The number of carbonyl (C=O) groups excluding carboxylic acids is 1. The summed E-state index contributed by atoms with van der Waals surface area (Å²) in [7, 11) is 1.25. The first-order valence-corrected chi connectivity index (χ1v) is 10.6. The molecule has 0 radical (unpaired) electrons. The molecule has 32 heavy (non-hydrogen) atoms. The Bertz CT molecular complexity index is 993. The van der Waals surface area contributed by atoms with Gasteiger partial charge in [0.15, 0.2) is 5.69 Å². The zero-order chi connectivity index (χ0) is 23.8. The van der Waals surface area contributed by atoms with Crippen molar-refractivity contribution in [3.63, 3.8) is 0 Å². The van der Waals surface area contributed by atoms with Gasteiger partial charge in [-0.3, -0.25) is 0 Å². The normalized spacial score (nSPS) is 17.2. The number of hydrogen-bond donors (Lipinski definition) is 1. The highest BCUT2D eigenvalue weighted by Crippen LogP contribution is 2.41. The fraction of sp³-hybridized carbons (Fsp3) is 0.565. The number of ether oxygens (including phenoxy) is 1. The lowest BCUT2D eigenvalue weighted by Crippen LogP contribution is -2.26. The Hall–Kier alpha value is -2.55. The monoisotopic (exact) mass is 453 g/mol. The molecule has 1 aromatic carbocycles. The molecule has 9 heteroatoms. The minimum absolute atomic E-state index is 0.0364. The maximum absolute atomic E-state index is 14.3. The van der Waals surface area contributed by atoms with E-state index in [1.165, 1.54) is 19.2 Å². The number of nitrogens with zero attached hydrogens (tertiary/aromatic N) is 3. The van der Waals surface area contributed by atoms with Gasteiger partial charge in [0.1, 0.15) is 5.82 Å². The summed E-state index contributed by atoms with van der Waals surface area (Å²) in [6.45, 7) is 8.07. The van der Waals surface area contributed by atoms with E-state index in [1.807, 2.05) is 20.8 Å². The van der Waals surface area contributed by atoms with E-state index in [0.717, 1.165) is 0 Å². The number of rotatable bonds is 5. The fourth-order valence-corrected chi connectivity index (χ4v) is 4.27. The molecule has 2 aromatic rings. The number of imidazole rings is 1. The maximum Gasteiger partial charge on any atom is 0.418 e. The molecule has 0 bridgehead atoms. The highest BCUT2D eigenvalue weighted by Gasteiger charge is 2.39. The number of alkyl halides is 3. The van der Waals surface area contributed by atoms with Gasteiger partial charge in [0.25, 0.3) is 0 Å². The van der Waals surface area contributed by atoms with Gasteiger partial charge in [0, 0.05) is 49.0 Å². The summed E-state index contributed by atoms with van der Waals surface area (Å²) in [6.07, 6.45) is -3.92. The number of hydrogen-bond acceptors (Lipinski definition) is 5. The van der Waals surface area contributed by atoms with Crippen LogP contribution < -0.4 is 4.90 Å². The first kappa shape index (κ1) is 24.1. The van der Waals surface area contributed by atoms with Crippen molar-refractivity contribution >= 4 is 11.7 Å². The standard InChI is InChI=1S/C23H30F3N3O3/c1-14-19(20(31)32-5)27-21(22(2,3)4)29(14)12-16-7-6-8-17(18(16)23(24,25)26)28-10-9-15(11-28)13-30/h6-8,15,30H,9-13H2,1-5H3/t15-/m0/s1. The van der Waals surface area contributed by atoms with E-state index >= 15 is 0 Å². The van der Waals surface area contributed by atoms with Gasteiger partial charge in [0.05, 0.1) is 12.7 Å². The molecule has 0 spiro atoms. The summed E-state index contributed by atoms with van der Waals surface area (Å²) in [4.78, 5) is 18.3. The third-order valence-electron chi connectivity index (χ3n) is 5.90. The van der Waals surface area contributed by atoms with Gasteiger partial charge < -0.3 is 19.3 Å². The van der Waals surface area contributed by atoms with Gasteiger partial charge in [-0.15, -0.1) is 0 Å². The smallest absolute Gasteiger partial charge is 0.418 e. The van der Waals surface area contributed by atoms with Crippen molar-refractivity contribution in [1.29, 1.82) is 0 Å². The third kappa shape index (κ3) is 4.62. The Kier molecular flexibility index (Phi) is 6.60. The van der Waals surface area contributed by atoms with Crippen LogP contribution >= 0.6 is 0 Å². The molecule has 176 valence electrons. The summed E-state index contributed by atoms with van der Waals surface area (Å²) in [6, 6.07) is 4.57. The molecule has 0 amide bonds. The van der Waals surface area contributed by atoms with Crippen LogP contribution in [0.15, 0.2) is 18.2 Å². The number of aliphatic hydroxyl groups excluding tert-OH is 1. The van der Waals surface area contributed by atoms with Crippen LogP contribution in [0.5, 0.6) is 0 Å². The Labute approximate surface area is 186 Å². The second-order valence-electron chi connectivity index (χ2n) is 9.29. The van der Waals surface area contributed by atoms with E-state index in [1.54, 1.807) is 22.5 Å². The van der Waals surface area contributed by atoms with Crippen LogP contribution in [0.2, 0.25) is 0 Å². The number of carbonyl (C=O) groups is 1. The Balaban J connectivity index is 2.13. The van der Waals surface area contributed by atoms with E-state index < -0.39 is 23.1 Å². The number of esters is 1. The predicted octanol–water partition coefficient (Wildman–Crippen LogP) is 4.16. The van der Waals surface area contributed by atoms with Crippen LogP contribution in [0.25, 0.3) is 0 Å². The van der Waals surface area contributed by atoms with E-state index in [-0.39, 0.29) is 36.0 Å². The van der Waals surface area contributed by atoms with Crippen LogP contribution in [0.4, 0.5) is 18.9 Å². The average molecular weight is 454 g/mol. The van der Waals surface area contributed by atoms with Gasteiger partial charge in [-0.05, 0) is 25.0 Å². The predicted molar refractivity (Wildman–Crippen MR) is 115 cm³/mol. The van der Waals surface area contributed by atoms with E-state index in [4.69, 9.17) is 4.74 Å². The number of benzene rings is 1. The topological polar surface area (TPSA) is 67.6 Å². The van der Waals surface area contributed by atoms with Gasteiger partial charge in [0.2, 0.25) is 0 Å². The lowest BCUT2D eigenvalue weighted by molar-refractivity contribution is -0.137. The van der Waals surface area contributed by atoms with Crippen molar-refractivity contribution in [2.24, 2.45) is 5.92 Å². The second-order valence-corrected chi connectivity index (χ2v) is 9.29. The maximum atomic E-state index is 14.3. The molecular formula is C23H30F3N3O3. The van der Waals surface area contributed by atoms with Crippen molar-refractivity contribution < 1.29 is 27.8 Å². The number of anilines is 1. The van der Waals surface area contributed by atoms with Crippen molar-refractivity contribution in [2.45, 2.75) is 52.3 Å². The summed E-state index contributed by atoms with van der Waals surface area (Å²) in [5, 5.41) is 9.42. The molecule has 0 saturated carbocycles. The highest BCUT2D eigenvalue weighted by atomic mass is 19.4. The lowest BCUT2D eigenvalue weighted by atomic mass is 9.95. The largest absolute Gasteiger partial charge is 0.464 e. The van der Waals surface area contributed by atoms with Crippen LogP contribution in [0.3, 0.4) is 0 Å². The number of aliphatic hydroxyl groups is 1. The quantitative estimate of drug-likeness (QED) is 0.689. The molecule has 1 fully saturated rings. The minimum atomic E-state index is -4.56. The summed E-state index contributed by atoms with van der Waals surface area (Å²) in [5.74, 6) is -0.148. The molecule has 1 saturated heterocycles. The lowest BCUT2D eigenvalue weighted by Gasteiger charge is -2.26. The Morgan fingerprint density at radius 1 is 1.28 bits per heavy atom. The summed E-state index contributed by atoms with van der Waals surface area (Å²) in [5.41, 5.74) is -0.407. The third-order valence-corrected chi connectivity index (χ3v) is 5.90. The minimum Gasteiger partial charge on any atom is -0.464 e. The molecule has 1 aliphatic rings. The molecule has 1 atom stereocenters. The van der Waals surface area contributed by atoms with Crippen LogP contribution in [-0.2, 0) is 22.9 Å². The van der Waals surface area contributed by atoms with Crippen molar-refractivity contribution in [1.82, 2.24) is 9.55 Å². The zero-order valence-corrected chi connectivity index (χ0v) is 19.1. The Morgan fingerprint density at radius 3 is 2.50 bits per heavy atom. The Morgan fingerprint density at radius 2 is 1.97 bits per heavy atom. The van der Waals surface area contributed by atoms with Crippen LogP contribution in [-0.4, -0.2) is 47.4 Å². The number of halogens is 3. The zero-order valence-electron chi connectivity index (χ0n) is 19.1. The first-order chi connectivity index (χ1) is 14.9. The molecular weight excluding hydrogens is 423 g/mol. The molecule has 2 heterocycles. The van der Waals surface area contributed by atoms with Crippen LogP contribution in [0, 0.1) is 12.8 Å². The highest BCUT2D eigenvalue weighted by molar-refractivity contribution is 5.88. The second kappa shape index (κ2) is 8.77. The molecule has 1 aromatic heterocycles. The van der Waals surface area contributed by atoms with Gasteiger partial charge in [-0.1, -0.05) is 32.9 Å². The van der Waals surface area contributed by atoms with E-state index in [2.05, 4.69) is 4.98 Å². The van der Waals surface area contributed by atoms with Crippen molar-refractivity contribution in [3.05, 3.63) is 46.5 Å². The average Bonchev–Trinajstić information content (AvgIpc) is 3.31. The SMILES string of the molecule is COC(=O)c1nc(C(C)(C)C)n(Cc2cccc(N3CC[C@H](CO)C3)c2C(F)(F)F)c1C. The van der Waals surface area contributed by atoms with Crippen LogP contribution in [0.1, 0.15) is 60.3 Å². The molecule has 6 nitrogen and oxygen atoms in total. The number of aromatic nitrogens is 2. The van der Waals surface area contributed by atoms with Crippen molar-refractivity contribution in [3.8, 4) is 0 Å². The van der Waals surface area contributed by atoms with Crippen molar-refractivity contribution in [2.75, 3.05) is 31.7 Å². The first-order valence-electron chi connectivity index (χ1n) is 10.6. The fourth-order valence-electron chi connectivity index (χ4n) is 4.27. The molecule has 0 unspecified atom stereocenters.